The molecule has 3 aromatic rings. The summed E-state index contributed by atoms with van der Waals surface area (Å²) >= 11 is 0. The standard InChI is InChI=1S/C27H26O8/c1-31-27(33-18-17-32-24(28)20-11-5-2-6-12-20)23(35-26(30)22-15-9-4-10-16-22)19-34-25(29)21-13-7-3-8-14-21/h2-16,23,27H,17-19H2,1H3/t23-,27+/m1/s1. The lowest BCUT2D eigenvalue weighted by Crippen LogP contribution is -2.40. The molecule has 0 bridgehead atoms. The Morgan fingerprint density at radius 3 is 1.57 bits per heavy atom. The van der Waals surface area contributed by atoms with E-state index in [9.17, 15) is 14.4 Å². The molecular formula is C27H26O8. The Bertz CT molecular complexity index is 1070. The van der Waals surface area contributed by atoms with Crippen LogP contribution in [0.15, 0.2) is 91.0 Å². The van der Waals surface area contributed by atoms with Crippen LogP contribution in [0.5, 0.6) is 0 Å². The van der Waals surface area contributed by atoms with Crippen molar-refractivity contribution >= 4 is 17.9 Å². The molecule has 8 heteroatoms. The zero-order valence-electron chi connectivity index (χ0n) is 19.2. The van der Waals surface area contributed by atoms with Crippen LogP contribution in [-0.2, 0) is 23.7 Å². The molecule has 0 spiro atoms. The third-order valence-corrected chi connectivity index (χ3v) is 4.80. The van der Waals surface area contributed by atoms with E-state index >= 15 is 0 Å². The number of benzene rings is 3. The highest BCUT2D eigenvalue weighted by Crippen LogP contribution is 2.13. The molecular weight excluding hydrogens is 452 g/mol. The number of carbonyl (C=O) groups excluding carboxylic acids is 3. The van der Waals surface area contributed by atoms with Crippen LogP contribution in [-0.4, -0.2) is 57.2 Å². The van der Waals surface area contributed by atoms with E-state index in [1.54, 1.807) is 91.0 Å². The molecule has 2 atom stereocenters. The van der Waals surface area contributed by atoms with Crippen LogP contribution in [0.4, 0.5) is 0 Å². The van der Waals surface area contributed by atoms with Crippen LogP contribution in [0.25, 0.3) is 0 Å². The van der Waals surface area contributed by atoms with Crippen molar-refractivity contribution < 1.29 is 38.1 Å². The minimum absolute atomic E-state index is 0.0386. The summed E-state index contributed by atoms with van der Waals surface area (Å²) in [6.45, 7) is -0.408. The number of rotatable bonds is 12. The molecule has 0 amide bonds. The first kappa shape index (κ1) is 25.6. The average molecular weight is 478 g/mol. The lowest BCUT2D eigenvalue weighted by Gasteiger charge is -2.25. The largest absolute Gasteiger partial charge is 0.460 e. The molecule has 3 aromatic carbocycles. The van der Waals surface area contributed by atoms with Crippen molar-refractivity contribution in [2.24, 2.45) is 0 Å². The van der Waals surface area contributed by atoms with Gasteiger partial charge in [-0.1, -0.05) is 54.6 Å². The maximum absolute atomic E-state index is 12.6. The van der Waals surface area contributed by atoms with Gasteiger partial charge in [-0.05, 0) is 36.4 Å². The van der Waals surface area contributed by atoms with E-state index in [0.29, 0.717) is 16.7 Å². The van der Waals surface area contributed by atoms with Crippen LogP contribution >= 0.6 is 0 Å². The van der Waals surface area contributed by atoms with Crippen molar-refractivity contribution in [1.29, 1.82) is 0 Å². The number of esters is 3. The molecule has 182 valence electrons. The number of ether oxygens (including phenoxy) is 5. The summed E-state index contributed by atoms with van der Waals surface area (Å²) in [4.78, 5) is 37.1. The summed E-state index contributed by atoms with van der Waals surface area (Å²) in [7, 11) is 1.36. The highest BCUT2D eigenvalue weighted by Gasteiger charge is 2.29. The Labute approximate surface area is 203 Å². The Morgan fingerprint density at radius 1 is 0.629 bits per heavy atom. The van der Waals surface area contributed by atoms with E-state index in [4.69, 9.17) is 23.7 Å². The molecule has 0 unspecified atom stereocenters. The Balaban J connectivity index is 1.60. The molecule has 0 fully saturated rings. The summed E-state index contributed by atoms with van der Waals surface area (Å²) in [5.74, 6) is -1.71. The average Bonchev–Trinajstić information content (AvgIpc) is 2.92. The van der Waals surface area contributed by atoms with Crippen molar-refractivity contribution in [2.75, 3.05) is 26.9 Å². The SMILES string of the molecule is CO[C@@H](OCCOC(=O)c1ccccc1)[C@@H](COC(=O)c1ccccc1)OC(=O)c1ccccc1. The fourth-order valence-electron chi connectivity index (χ4n) is 3.05. The fourth-order valence-corrected chi connectivity index (χ4v) is 3.05. The Hall–Kier alpha value is -4.01. The third-order valence-electron chi connectivity index (χ3n) is 4.80. The molecule has 0 aliphatic carbocycles. The van der Waals surface area contributed by atoms with E-state index in [2.05, 4.69) is 0 Å². The number of methoxy groups -OCH3 is 1. The summed E-state index contributed by atoms with van der Waals surface area (Å²) in [6.07, 6.45) is -2.16. The van der Waals surface area contributed by atoms with E-state index in [1.165, 1.54) is 7.11 Å². The van der Waals surface area contributed by atoms with Crippen molar-refractivity contribution in [3.8, 4) is 0 Å². The molecule has 0 radical (unpaired) electrons. The Kier molecular flexibility index (Phi) is 9.98. The second kappa shape index (κ2) is 13.6. The van der Waals surface area contributed by atoms with Gasteiger partial charge in [-0.2, -0.15) is 0 Å². The minimum Gasteiger partial charge on any atom is -0.460 e. The third kappa shape index (κ3) is 8.06. The second-order valence-electron chi connectivity index (χ2n) is 7.25. The van der Waals surface area contributed by atoms with Crippen LogP contribution in [0.2, 0.25) is 0 Å². The van der Waals surface area contributed by atoms with Crippen molar-refractivity contribution in [2.45, 2.75) is 12.4 Å². The molecule has 0 heterocycles. The number of carbonyl (C=O) groups is 3. The van der Waals surface area contributed by atoms with Gasteiger partial charge in [-0.3, -0.25) is 0 Å². The summed E-state index contributed by atoms with van der Waals surface area (Å²) < 4.78 is 27.1. The van der Waals surface area contributed by atoms with Gasteiger partial charge in [0.25, 0.3) is 0 Å². The highest BCUT2D eigenvalue weighted by molar-refractivity contribution is 5.90. The quantitative estimate of drug-likeness (QED) is 0.167. The number of hydrogen-bond acceptors (Lipinski definition) is 8. The van der Waals surface area contributed by atoms with Gasteiger partial charge in [0, 0.05) is 7.11 Å². The van der Waals surface area contributed by atoms with Crippen LogP contribution in [0, 0.1) is 0 Å². The van der Waals surface area contributed by atoms with Gasteiger partial charge in [0.1, 0.15) is 13.2 Å². The van der Waals surface area contributed by atoms with Crippen molar-refractivity contribution in [3.05, 3.63) is 108 Å². The fraction of sp³-hybridized carbons (Fsp3) is 0.222. The van der Waals surface area contributed by atoms with Gasteiger partial charge >= 0.3 is 17.9 Å². The molecule has 0 saturated heterocycles. The minimum atomic E-state index is -1.08. The van der Waals surface area contributed by atoms with Crippen LogP contribution < -0.4 is 0 Å². The van der Waals surface area contributed by atoms with Gasteiger partial charge in [-0.15, -0.1) is 0 Å². The summed E-state index contributed by atoms with van der Waals surface area (Å²) in [6, 6.07) is 25.3. The van der Waals surface area contributed by atoms with Crippen LogP contribution in [0.1, 0.15) is 31.1 Å². The monoisotopic (exact) mass is 478 g/mol. The highest BCUT2D eigenvalue weighted by atomic mass is 16.7. The Morgan fingerprint density at radius 2 is 1.09 bits per heavy atom. The van der Waals surface area contributed by atoms with E-state index in [0.717, 1.165) is 0 Å². The topological polar surface area (TPSA) is 97.4 Å². The molecule has 0 aromatic heterocycles. The van der Waals surface area contributed by atoms with Gasteiger partial charge in [-0.25, -0.2) is 14.4 Å². The first-order valence-electron chi connectivity index (χ1n) is 10.9. The van der Waals surface area contributed by atoms with Crippen molar-refractivity contribution in [3.63, 3.8) is 0 Å². The molecule has 0 N–H and O–H groups in total. The zero-order valence-corrected chi connectivity index (χ0v) is 19.2. The molecule has 3 rings (SSSR count). The molecule has 0 saturated carbocycles. The predicted molar refractivity (Wildman–Crippen MR) is 126 cm³/mol. The first-order valence-corrected chi connectivity index (χ1v) is 10.9. The van der Waals surface area contributed by atoms with Gasteiger partial charge in [0.05, 0.1) is 23.3 Å². The maximum atomic E-state index is 12.6. The second-order valence-corrected chi connectivity index (χ2v) is 7.25. The summed E-state index contributed by atoms with van der Waals surface area (Å²) in [5.41, 5.74) is 1.08. The van der Waals surface area contributed by atoms with Crippen LogP contribution in [0.3, 0.4) is 0 Å². The van der Waals surface area contributed by atoms with Gasteiger partial charge < -0.3 is 23.7 Å². The van der Waals surface area contributed by atoms with E-state index in [1.807, 2.05) is 0 Å². The summed E-state index contributed by atoms with van der Waals surface area (Å²) in [5, 5.41) is 0. The van der Waals surface area contributed by atoms with E-state index in [-0.39, 0.29) is 19.8 Å². The van der Waals surface area contributed by atoms with Crippen molar-refractivity contribution in [1.82, 2.24) is 0 Å². The molecule has 0 aliphatic rings. The predicted octanol–water partition coefficient (Wildman–Crippen LogP) is 3.92. The van der Waals surface area contributed by atoms with Gasteiger partial charge in [0.15, 0.2) is 12.4 Å². The zero-order chi connectivity index (χ0) is 24.9. The molecule has 0 aliphatic heterocycles. The normalized spacial score (nSPS) is 12.3. The molecule has 35 heavy (non-hydrogen) atoms. The maximum Gasteiger partial charge on any atom is 0.338 e. The smallest absolute Gasteiger partial charge is 0.338 e. The number of hydrogen-bond donors (Lipinski definition) is 0. The first-order chi connectivity index (χ1) is 17.1. The molecule has 8 nitrogen and oxygen atoms in total. The lowest BCUT2D eigenvalue weighted by molar-refractivity contribution is -0.192. The lowest BCUT2D eigenvalue weighted by atomic mass is 10.2. The van der Waals surface area contributed by atoms with Gasteiger partial charge in [0.2, 0.25) is 0 Å². The van der Waals surface area contributed by atoms with E-state index < -0.39 is 30.3 Å².